The molecule has 0 spiro atoms. The second kappa shape index (κ2) is 6.40. The van der Waals surface area contributed by atoms with Crippen LogP contribution >= 0.6 is 0 Å². The number of nitrogens with zero attached hydrogens (tertiary/aromatic N) is 2. The van der Waals surface area contributed by atoms with E-state index in [9.17, 15) is 4.39 Å². The highest BCUT2D eigenvalue weighted by molar-refractivity contribution is 6.76. The molecule has 0 saturated heterocycles. The maximum absolute atomic E-state index is 13.3. The third kappa shape index (κ3) is 4.68. The number of aromatic nitrogens is 2. The topological polar surface area (TPSA) is 53.1 Å². The number of hydrogen-bond donors (Lipinski definition) is 1. The third-order valence-electron chi connectivity index (χ3n) is 3.18. The number of anilines is 1. The van der Waals surface area contributed by atoms with E-state index in [0.29, 0.717) is 18.0 Å². The molecular formula is C15H22FN3OSi. The van der Waals surface area contributed by atoms with Crippen LogP contribution in [0.4, 0.5) is 10.1 Å². The van der Waals surface area contributed by atoms with Crippen molar-refractivity contribution in [3.05, 3.63) is 36.4 Å². The average Bonchev–Trinajstić information content (AvgIpc) is 2.85. The Bertz CT molecular complexity index is 607. The molecule has 0 radical (unpaired) electrons. The van der Waals surface area contributed by atoms with Crippen LogP contribution in [-0.2, 0) is 11.5 Å². The highest BCUT2D eigenvalue weighted by Gasteiger charge is 2.12. The first-order chi connectivity index (χ1) is 9.85. The monoisotopic (exact) mass is 307 g/mol. The molecule has 0 aliphatic heterocycles. The lowest BCUT2D eigenvalue weighted by Gasteiger charge is -2.15. The summed E-state index contributed by atoms with van der Waals surface area (Å²) in [6.45, 7) is 8.09. The Balaban J connectivity index is 1.97. The Morgan fingerprint density at radius 3 is 2.81 bits per heavy atom. The molecular weight excluding hydrogens is 285 g/mol. The van der Waals surface area contributed by atoms with E-state index in [-0.39, 0.29) is 5.82 Å². The van der Waals surface area contributed by atoms with Gasteiger partial charge in [0.1, 0.15) is 12.5 Å². The third-order valence-corrected chi connectivity index (χ3v) is 4.88. The summed E-state index contributed by atoms with van der Waals surface area (Å²) in [5, 5.41) is 4.22. The second-order valence-corrected chi connectivity index (χ2v) is 12.0. The summed E-state index contributed by atoms with van der Waals surface area (Å²) in [5.74, 6) is -0.307. The molecule has 0 amide bonds. The quantitative estimate of drug-likeness (QED) is 0.504. The Kier molecular flexibility index (Phi) is 4.79. The minimum atomic E-state index is -1.07. The molecule has 0 aliphatic carbocycles. The summed E-state index contributed by atoms with van der Waals surface area (Å²) in [5.41, 5.74) is 7.86. The molecule has 2 aromatic rings. The average molecular weight is 307 g/mol. The maximum Gasteiger partial charge on any atom is 0.139 e. The van der Waals surface area contributed by atoms with Gasteiger partial charge in [-0.15, -0.1) is 0 Å². The van der Waals surface area contributed by atoms with Crippen LogP contribution in [0.2, 0.25) is 25.7 Å². The van der Waals surface area contributed by atoms with E-state index in [2.05, 4.69) is 24.7 Å². The number of halogens is 1. The lowest BCUT2D eigenvalue weighted by Crippen LogP contribution is -2.22. The largest absolute Gasteiger partial charge is 0.398 e. The van der Waals surface area contributed by atoms with E-state index < -0.39 is 8.07 Å². The highest BCUT2D eigenvalue weighted by atomic mass is 28.3. The van der Waals surface area contributed by atoms with Gasteiger partial charge < -0.3 is 10.5 Å². The Morgan fingerprint density at radius 1 is 1.33 bits per heavy atom. The first kappa shape index (κ1) is 15.7. The molecule has 0 bridgehead atoms. The van der Waals surface area contributed by atoms with Gasteiger partial charge in [0.05, 0.1) is 6.20 Å². The fourth-order valence-corrected chi connectivity index (χ4v) is 2.64. The summed E-state index contributed by atoms with van der Waals surface area (Å²) < 4.78 is 20.6. The SMILES string of the molecule is C[Si](C)(C)CCOCn1cc(-c2cc(F)ccc2N)cn1. The van der Waals surface area contributed by atoms with E-state index in [1.54, 1.807) is 16.9 Å². The van der Waals surface area contributed by atoms with Gasteiger partial charge in [-0.2, -0.15) is 5.10 Å². The van der Waals surface area contributed by atoms with Gasteiger partial charge >= 0.3 is 0 Å². The van der Waals surface area contributed by atoms with Gasteiger partial charge in [0.25, 0.3) is 0 Å². The molecule has 21 heavy (non-hydrogen) atoms. The second-order valence-electron chi connectivity index (χ2n) is 6.35. The van der Waals surface area contributed by atoms with E-state index in [4.69, 9.17) is 10.5 Å². The molecule has 0 unspecified atom stereocenters. The molecule has 0 saturated carbocycles. The zero-order valence-electron chi connectivity index (χ0n) is 12.8. The van der Waals surface area contributed by atoms with Crippen LogP contribution in [0.3, 0.4) is 0 Å². The highest BCUT2D eigenvalue weighted by Crippen LogP contribution is 2.26. The van der Waals surface area contributed by atoms with Crippen LogP contribution < -0.4 is 5.73 Å². The molecule has 2 N–H and O–H groups in total. The fraction of sp³-hybridized carbons (Fsp3) is 0.400. The molecule has 114 valence electrons. The lowest BCUT2D eigenvalue weighted by atomic mass is 10.1. The van der Waals surface area contributed by atoms with Gasteiger partial charge in [0.15, 0.2) is 0 Å². The van der Waals surface area contributed by atoms with E-state index in [1.165, 1.54) is 12.1 Å². The predicted molar refractivity (Wildman–Crippen MR) is 86.1 cm³/mol. The molecule has 6 heteroatoms. The van der Waals surface area contributed by atoms with Crippen molar-refractivity contribution in [1.82, 2.24) is 9.78 Å². The Hall–Kier alpha value is -1.66. The van der Waals surface area contributed by atoms with Crippen LogP contribution in [0.25, 0.3) is 11.1 Å². The van der Waals surface area contributed by atoms with Crippen molar-refractivity contribution in [2.75, 3.05) is 12.3 Å². The Morgan fingerprint density at radius 2 is 2.10 bits per heavy atom. The number of nitrogen functional groups attached to an aromatic ring is 1. The van der Waals surface area contributed by atoms with Gasteiger partial charge in [-0.05, 0) is 24.2 Å². The Labute approximate surface area is 125 Å². The smallest absolute Gasteiger partial charge is 0.139 e. The molecule has 0 fully saturated rings. The van der Waals surface area contributed by atoms with E-state index in [0.717, 1.165) is 18.2 Å². The van der Waals surface area contributed by atoms with Gasteiger partial charge in [0, 0.05) is 37.7 Å². The molecule has 1 aromatic heterocycles. The summed E-state index contributed by atoms with van der Waals surface area (Å²) in [7, 11) is -1.07. The molecule has 4 nitrogen and oxygen atoms in total. The van der Waals surface area contributed by atoms with Crippen molar-refractivity contribution in [2.45, 2.75) is 32.4 Å². The lowest BCUT2D eigenvalue weighted by molar-refractivity contribution is 0.0786. The van der Waals surface area contributed by atoms with Crippen molar-refractivity contribution in [3.63, 3.8) is 0 Å². The van der Waals surface area contributed by atoms with Crippen molar-refractivity contribution >= 4 is 13.8 Å². The summed E-state index contributed by atoms with van der Waals surface area (Å²) in [6.07, 6.45) is 3.49. The van der Waals surface area contributed by atoms with Crippen LogP contribution in [0.1, 0.15) is 0 Å². The molecule has 0 aliphatic rings. The summed E-state index contributed by atoms with van der Waals surface area (Å²) >= 11 is 0. The first-order valence-corrected chi connectivity index (χ1v) is 10.7. The zero-order valence-corrected chi connectivity index (χ0v) is 13.8. The zero-order chi connectivity index (χ0) is 15.5. The maximum atomic E-state index is 13.3. The van der Waals surface area contributed by atoms with Crippen LogP contribution in [0.15, 0.2) is 30.6 Å². The van der Waals surface area contributed by atoms with E-state index >= 15 is 0 Å². The minimum Gasteiger partial charge on any atom is -0.398 e. The number of benzene rings is 1. The fourth-order valence-electron chi connectivity index (χ4n) is 1.89. The number of hydrogen-bond acceptors (Lipinski definition) is 3. The molecule has 1 aromatic carbocycles. The van der Waals surface area contributed by atoms with Gasteiger partial charge in [-0.3, -0.25) is 0 Å². The van der Waals surface area contributed by atoms with Crippen molar-refractivity contribution in [1.29, 1.82) is 0 Å². The summed E-state index contributed by atoms with van der Waals surface area (Å²) in [6, 6.07) is 5.45. The summed E-state index contributed by atoms with van der Waals surface area (Å²) in [4.78, 5) is 0. The number of nitrogens with two attached hydrogens (primary N) is 1. The molecule has 0 atom stereocenters. The first-order valence-electron chi connectivity index (χ1n) is 7.01. The number of rotatable bonds is 6. The number of ether oxygens (including phenoxy) is 1. The van der Waals surface area contributed by atoms with Crippen LogP contribution in [0, 0.1) is 5.82 Å². The van der Waals surface area contributed by atoms with Crippen molar-refractivity contribution in [3.8, 4) is 11.1 Å². The predicted octanol–water partition coefficient (Wildman–Crippen LogP) is 3.58. The van der Waals surface area contributed by atoms with Gasteiger partial charge in [-0.25, -0.2) is 9.07 Å². The van der Waals surface area contributed by atoms with Gasteiger partial charge in [0.2, 0.25) is 0 Å². The molecule has 2 rings (SSSR count). The molecule has 1 heterocycles. The van der Waals surface area contributed by atoms with Crippen LogP contribution in [0.5, 0.6) is 0 Å². The van der Waals surface area contributed by atoms with Crippen molar-refractivity contribution in [2.24, 2.45) is 0 Å². The van der Waals surface area contributed by atoms with Crippen molar-refractivity contribution < 1.29 is 9.13 Å². The minimum absolute atomic E-state index is 0.307. The van der Waals surface area contributed by atoms with Crippen LogP contribution in [-0.4, -0.2) is 24.5 Å². The normalized spacial score (nSPS) is 11.8. The van der Waals surface area contributed by atoms with Gasteiger partial charge in [-0.1, -0.05) is 19.6 Å². The standard InChI is InChI=1S/C15H22FN3OSi/c1-21(2,3)7-6-20-11-19-10-12(9-18-19)14-8-13(16)4-5-15(14)17/h4-5,8-10H,6-7,11,17H2,1-3H3. The van der Waals surface area contributed by atoms with E-state index in [1.807, 2.05) is 6.20 Å².